The number of ether oxygens (including phenoxy) is 3. The zero-order valence-electron chi connectivity index (χ0n) is 18.3. The van der Waals surface area contributed by atoms with E-state index < -0.39 is 46.5 Å². The fourth-order valence-corrected chi connectivity index (χ4v) is 3.99. The van der Waals surface area contributed by atoms with Crippen molar-refractivity contribution in [3.63, 3.8) is 0 Å². The van der Waals surface area contributed by atoms with Gasteiger partial charge in [0.2, 0.25) is 6.29 Å². The lowest BCUT2D eigenvalue weighted by Crippen LogP contribution is -2.60. The van der Waals surface area contributed by atoms with E-state index in [1.807, 2.05) is 6.92 Å². The summed E-state index contributed by atoms with van der Waals surface area (Å²) in [5.74, 6) is -0.118. The van der Waals surface area contributed by atoms with E-state index in [0.29, 0.717) is 12.2 Å². The number of aliphatic hydroxyl groups excluding tert-OH is 3. The highest BCUT2D eigenvalue weighted by atomic mass is 32.2. The van der Waals surface area contributed by atoms with Gasteiger partial charge < -0.3 is 29.5 Å². The minimum Gasteiger partial charge on any atom is -0.463 e. The highest BCUT2D eigenvalue weighted by Crippen LogP contribution is 2.27. The molecule has 5 atom stereocenters. The molecule has 0 aromatic heterocycles. The van der Waals surface area contributed by atoms with Gasteiger partial charge in [0.1, 0.15) is 36.8 Å². The smallest absolute Gasteiger partial charge is 0.305 e. The van der Waals surface area contributed by atoms with Gasteiger partial charge in [-0.15, -0.1) is 0 Å². The van der Waals surface area contributed by atoms with Crippen molar-refractivity contribution in [1.29, 1.82) is 0 Å². The first-order valence-corrected chi connectivity index (χ1v) is 12.4. The van der Waals surface area contributed by atoms with Gasteiger partial charge in [-0.1, -0.05) is 31.2 Å². The number of rotatable bonds is 8. The van der Waals surface area contributed by atoms with Crippen LogP contribution in [0, 0.1) is 0 Å². The molecule has 0 aliphatic carbocycles. The van der Waals surface area contributed by atoms with Gasteiger partial charge in [0.05, 0.1) is 4.90 Å². The zero-order chi connectivity index (χ0) is 24.2. The Morgan fingerprint density at radius 1 is 0.939 bits per heavy atom. The largest absolute Gasteiger partial charge is 0.463 e. The Hall–Kier alpha value is -2.50. The molecule has 1 saturated heterocycles. The Balaban J connectivity index is 1.67. The number of hydrogen-bond donors (Lipinski definition) is 3. The quantitative estimate of drug-likeness (QED) is 0.477. The first-order valence-electron chi connectivity index (χ1n) is 10.5. The van der Waals surface area contributed by atoms with Crippen molar-refractivity contribution in [2.24, 2.45) is 0 Å². The van der Waals surface area contributed by atoms with Crippen molar-refractivity contribution < 1.29 is 42.7 Å². The molecule has 0 bridgehead atoms. The molecule has 9 nitrogen and oxygen atoms in total. The van der Waals surface area contributed by atoms with Crippen LogP contribution in [0.15, 0.2) is 53.4 Å². The fraction of sp³-hybridized carbons (Fsp3) is 0.435. The zero-order valence-corrected chi connectivity index (χ0v) is 19.1. The summed E-state index contributed by atoms with van der Waals surface area (Å²) in [6.45, 7) is 1.54. The molecule has 2 aromatic carbocycles. The molecule has 0 spiro atoms. The maximum absolute atomic E-state index is 11.6. The van der Waals surface area contributed by atoms with Crippen LogP contribution in [-0.2, 0) is 24.1 Å². The fourth-order valence-electron chi connectivity index (χ4n) is 3.36. The normalized spacial score (nSPS) is 25.4. The summed E-state index contributed by atoms with van der Waals surface area (Å²) in [7, 11) is -3.28. The summed E-state index contributed by atoms with van der Waals surface area (Å²) in [6.07, 6.45) is -4.91. The predicted molar refractivity (Wildman–Crippen MR) is 118 cm³/mol. The third kappa shape index (κ3) is 6.30. The van der Waals surface area contributed by atoms with Crippen LogP contribution in [0.2, 0.25) is 0 Å². The van der Waals surface area contributed by atoms with Gasteiger partial charge in [0.15, 0.2) is 9.84 Å². The summed E-state index contributed by atoms with van der Waals surface area (Å²) in [5, 5.41) is 30.6. The topological polar surface area (TPSA) is 140 Å². The van der Waals surface area contributed by atoms with Gasteiger partial charge in [-0.2, -0.15) is 0 Å². The Morgan fingerprint density at radius 2 is 1.52 bits per heavy atom. The summed E-state index contributed by atoms with van der Waals surface area (Å²) < 4.78 is 39.5. The number of hydrogen-bond acceptors (Lipinski definition) is 9. The van der Waals surface area contributed by atoms with E-state index in [4.69, 9.17) is 14.2 Å². The van der Waals surface area contributed by atoms with Crippen LogP contribution in [0.3, 0.4) is 0 Å². The molecule has 33 heavy (non-hydrogen) atoms. The summed E-state index contributed by atoms with van der Waals surface area (Å²) in [6, 6.07) is 13.2. The van der Waals surface area contributed by atoms with Gasteiger partial charge in [0.25, 0.3) is 0 Å². The standard InChI is InChI=1S/C23H28O9S/c1-3-4-19(24)30-13-18-20(25)21(26)22(27)23(32-18)31-16-9-5-14(6-10-16)15-7-11-17(12-8-15)33(2,28)29/h5-12,18,20-23,25-27H,3-4,13H2,1-2H3/t18-,20-,21+,22+,23+/m1/s1. The first kappa shape index (κ1) is 25.1. The number of sulfone groups is 1. The van der Waals surface area contributed by atoms with E-state index in [0.717, 1.165) is 17.4 Å². The van der Waals surface area contributed by atoms with E-state index in [9.17, 15) is 28.5 Å². The number of aliphatic hydroxyl groups is 3. The number of benzene rings is 2. The maximum atomic E-state index is 11.6. The molecule has 1 fully saturated rings. The van der Waals surface area contributed by atoms with Gasteiger partial charge >= 0.3 is 5.97 Å². The SMILES string of the molecule is CCCC(=O)OC[C@H]1O[C@H](Oc2ccc(-c3ccc(S(C)(=O)=O)cc3)cc2)[C@@H](O)[C@@H](O)[C@@H]1O. The highest BCUT2D eigenvalue weighted by Gasteiger charge is 2.45. The molecule has 1 aliphatic heterocycles. The molecule has 0 amide bonds. The molecule has 3 rings (SSSR count). The Labute approximate surface area is 192 Å². The van der Waals surface area contributed by atoms with Crippen LogP contribution in [0.5, 0.6) is 5.75 Å². The van der Waals surface area contributed by atoms with Crippen molar-refractivity contribution in [2.75, 3.05) is 12.9 Å². The van der Waals surface area contributed by atoms with E-state index in [-0.39, 0.29) is 17.9 Å². The molecular formula is C23H28O9S. The number of carbonyl (C=O) groups excluding carboxylic acids is 1. The minimum atomic E-state index is -3.28. The lowest BCUT2D eigenvalue weighted by molar-refractivity contribution is -0.278. The molecule has 1 heterocycles. The van der Waals surface area contributed by atoms with Gasteiger partial charge in [-0.3, -0.25) is 4.79 Å². The highest BCUT2D eigenvalue weighted by molar-refractivity contribution is 7.90. The Bertz CT molecular complexity index is 1030. The summed E-state index contributed by atoms with van der Waals surface area (Å²) >= 11 is 0. The average Bonchev–Trinajstić information content (AvgIpc) is 2.79. The van der Waals surface area contributed by atoms with Gasteiger partial charge in [0, 0.05) is 12.7 Å². The van der Waals surface area contributed by atoms with E-state index >= 15 is 0 Å². The first-order chi connectivity index (χ1) is 15.6. The molecule has 3 N–H and O–H groups in total. The molecule has 1 aliphatic rings. The number of esters is 1. The molecule has 0 unspecified atom stereocenters. The second-order valence-electron chi connectivity index (χ2n) is 7.89. The van der Waals surface area contributed by atoms with Gasteiger partial charge in [-0.25, -0.2) is 8.42 Å². The molecule has 2 aromatic rings. The van der Waals surface area contributed by atoms with Crippen molar-refractivity contribution in [2.45, 2.75) is 55.4 Å². The van der Waals surface area contributed by atoms with Crippen molar-refractivity contribution in [3.05, 3.63) is 48.5 Å². The summed E-state index contributed by atoms with van der Waals surface area (Å²) in [4.78, 5) is 11.8. The van der Waals surface area contributed by atoms with Crippen molar-refractivity contribution >= 4 is 15.8 Å². The van der Waals surface area contributed by atoms with E-state index in [1.54, 1.807) is 36.4 Å². The van der Waals surface area contributed by atoms with E-state index in [2.05, 4.69) is 0 Å². The Kier molecular flexibility index (Phi) is 8.09. The van der Waals surface area contributed by atoms with Gasteiger partial charge in [-0.05, 0) is 41.8 Å². The van der Waals surface area contributed by atoms with Crippen LogP contribution in [0.25, 0.3) is 11.1 Å². The van der Waals surface area contributed by atoms with Crippen molar-refractivity contribution in [3.8, 4) is 16.9 Å². The van der Waals surface area contributed by atoms with E-state index in [1.165, 1.54) is 12.1 Å². The molecule has 180 valence electrons. The molecular weight excluding hydrogens is 452 g/mol. The maximum Gasteiger partial charge on any atom is 0.305 e. The average molecular weight is 481 g/mol. The van der Waals surface area contributed by atoms with Crippen molar-refractivity contribution in [1.82, 2.24) is 0 Å². The lowest BCUT2D eigenvalue weighted by atomic mass is 9.99. The van der Waals surface area contributed by atoms with Crippen LogP contribution in [0.4, 0.5) is 0 Å². The lowest BCUT2D eigenvalue weighted by Gasteiger charge is -2.39. The monoisotopic (exact) mass is 480 g/mol. The van der Waals surface area contributed by atoms with Crippen LogP contribution < -0.4 is 4.74 Å². The third-order valence-corrected chi connectivity index (χ3v) is 6.38. The summed E-state index contributed by atoms with van der Waals surface area (Å²) in [5.41, 5.74) is 1.61. The molecule has 0 saturated carbocycles. The minimum absolute atomic E-state index is 0.219. The number of carbonyl (C=O) groups is 1. The molecule has 0 radical (unpaired) electrons. The second-order valence-corrected chi connectivity index (χ2v) is 9.90. The predicted octanol–water partition coefficient (Wildman–Crippen LogP) is 1.29. The third-order valence-electron chi connectivity index (χ3n) is 5.25. The second kappa shape index (κ2) is 10.6. The molecule has 10 heteroatoms. The van der Waals surface area contributed by atoms with Crippen LogP contribution in [-0.4, -0.2) is 73.3 Å². The van der Waals surface area contributed by atoms with Crippen LogP contribution >= 0.6 is 0 Å². The van der Waals surface area contributed by atoms with Crippen LogP contribution in [0.1, 0.15) is 19.8 Å². The Morgan fingerprint density at radius 3 is 2.06 bits per heavy atom.